The highest BCUT2D eigenvalue weighted by Gasteiger charge is 2.09. The van der Waals surface area contributed by atoms with Gasteiger partial charge in [0.2, 0.25) is 10.0 Å². The predicted molar refractivity (Wildman–Crippen MR) is 95.8 cm³/mol. The van der Waals surface area contributed by atoms with Crippen LogP contribution in [0.1, 0.15) is 37.4 Å². The van der Waals surface area contributed by atoms with Crippen molar-refractivity contribution in [1.82, 2.24) is 5.32 Å². The van der Waals surface area contributed by atoms with Gasteiger partial charge in [0, 0.05) is 18.3 Å². The van der Waals surface area contributed by atoms with Gasteiger partial charge in [-0.25, -0.2) is 8.42 Å². The Balaban J connectivity index is 1.96. The minimum absolute atomic E-state index is 0.0750. The van der Waals surface area contributed by atoms with Crippen molar-refractivity contribution in [1.29, 1.82) is 0 Å². The molecule has 124 valence electrons. The van der Waals surface area contributed by atoms with Gasteiger partial charge >= 0.3 is 0 Å². The lowest BCUT2D eigenvalue weighted by molar-refractivity contribution is 0.519. The summed E-state index contributed by atoms with van der Waals surface area (Å²) < 4.78 is 25.6. The van der Waals surface area contributed by atoms with Crippen LogP contribution in [0, 0.1) is 0 Å². The molecule has 2 N–H and O–H groups in total. The van der Waals surface area contributed by atoms with Crippen LogP contribution < -0.4 is 10.0 Å². The fourth-order valence-electron chi connectivity index (χ4n) is 2.37. The van der Waals surface area contributed by atoms with E-state index in [1.165, 1.54) is 5.56 Å². The van der Waals surface area contributed by atoms with Crippen molar-refractivity contribution in [2.24, 2.45) is 0 Å². The summed E-state index contributed by atoms with van der Waals surface area (Å²) in [6.45, 7) is 4.52. The molecule has 0 amide bonds. The van der Waals surface area contributed by atoms with Crippen molar-refractivity contribution >= 4 is 15.7 Å². The maximum Gasteiger partial charge on any atom is 0.232 e. The molecular formula is C18H24N2O2S. The van der Waals surface area contributed by atoms with Crippen LogP contribution in [0.3, 0.4) is 0 Å². The first kappa shape index (κ1) is 17.5. The first-order chi connectivity index (χ1) is 11.0. The van der Waals surface area contributed by atoms with E-state index in [1.54, 1.807) is 19.1 Å². The molecular weight excluding hydrogens is 308 g/mol. The molecule has 0 aliphatic carbocycles. The summed E-state index contributed by atoms with van der Waals surface area (Å²) in [5, 5.41) is 3.54. The fraction of sp³-hybridized carbons (Fsp3) is 0.333. The van der Waals surface area contributed by atoms with Crippen LogP contribution in [0.25, 0.3) is 0 Å². The molecule has 0 aliphatic heterocycles. The zero-order chi connectivity index (χ0) is 16.7. The number of hydrogen-bond acceptors (Lipinski definition) is 3. The molecule has 2 rings (SSSR count). The number of benzene rings is 2. The quantitative estimate of drug-likeness (QED) is 0.775. The van der Waals surface area contributed by atoms with Gasteiger partial charge in [-0.1, -0.05) is 49.4 Å². The predicted octanol–water partition coefficient (Wildman–Crippen LogP) is 3.69. The van der Waals surface area contributed by atoms with E-state index >= 15 is 0 Å². The molecule has 0 saturated carbocycles. The molecule has 2 aromatic rings. The Bertz CT molecular complexity index is 698. The van der Waals surface area contributed by atoms with Crippen LogP contribution in [-0.2, 0) is 16.6 Å². The molecule has 0 unspecified atom stereocenters. The molecule has 23 heavy (non-hydrogen) atoms. The first-order valence-electron chi connectivity index (χ1n) is 7.92. The second kappa shape index (κ2) is 8.13. The third kappa shape index (κ3) is 5.37. The van der Waals surface area contributed by atoms with Gasteiger partial charge in [-0.3, -0.25) is 4.72 Å². The Morgan fingerprint density at radius 2 is 1.61 bits per heavy atom. The molecule has 0 aromatic heterocycles. The summed E-state index contributed by atoms with van der Waals surface area (Å²) in [5.41, 5.74) is 3.01. The smallest absolute Gasteiger partial charge is 0.232 e. The topological polar surface area (TPSA) is 58.2 Å². The lowest BCUT2D eigenvalue weighted by Crippen LogP contribution is -2.20. The molecule has 0 heterocycles. The zero-order valence-corrected chi connectivity index (χ0v) is 14.4. The Morgan fingerprint density at radius 1 is 0.957 bits per heavy atom. The van der Waals surface area contributed by atoms with Gasteiger partial charge in [0.15, 0.2) is 0 Å². The summed E-state index contributed by atoms with van der Waals surface area (Å²) in [6.07, 6.45) is 1.01. The average Bonchev–Trinajstić information content (AvgIpc) is 2.57. The molecule has 0 spiro atoms. The maximum atomic E-state index is 11.5. The lowest BCUT2D eigenvalue weighted by atomic mass is 10.0. The van der Waals surface area contributed by atoms with Crippen LogP contribution in [0.15, 0.2) is 54.6 Å². The standard InChI is InChI=1S/C18H24N2O2S/c1-3-18(16-8-6-5-7-9-16)19-14-15-10-12-17(13-11-15)20-23(21,22)4-2/h5-13,18-20H,3-4,14H2,1-2H3/t18-/m1/s1. The largest absolute Gasteiger partial charge is 0.306 e. The second-order valence-electron chi connectivity index (χ2n) is 5.45. The van der Waals surface area contributed by atoms with Gasteiger partial charge in [0.05, 0.1) is 5.75 Å². The van der Waals surface area contributed by atoms with Crippen LogP contribution >= 0.6 is 0 Å². The van der Waals surface area contributed by atoms with E-state index in [1.807, 2.05) is 30.3 Å². The molecule has 0 radical (unpaired) electrons. The summed E-state index contributed by atoms with van der Waals surface area (Å²) in [5.74, 6) is 0.0750. The van der Waals surface area contributed by atoms with Crippen molar-refractivity contribution in [3.63, 3.8) is 0 Å². The van der Waals surface area contributed by atoms with Crippen LogP contribution in [0.4, 0.5) is 5.69 Å². The molecule has 4 nitrogen and oxygen atoms in total. The molecule has 0 fully saturated rings. The van der Waals surface area contributed by atoms with Crippen molar-refractivity contribution in [3.05, 3.63) is 65.7 Å². The van der Waals surface area contributed by atoms with Crippen LogP contribution in [0.2, 0.25) is 0 Å². The Hall–Kier alpha value is -1.85. The van der Waals surface area contributed by atoms with E-state index < -0.39 is 10.0 Å². The summed E-state index contributed by atoms with van der Waals surface area (Å²) in [7, 11) is -3.22. The normalized spacial score (nSPS) is 12.8. The third-order valence-corrected chi connectivity index (χ3v) is 5.08. The maximum absolute atomic E-state index is 11.5. The fourth-order valence-corrected chi connectivity index (χ4v) is 3.01. The number of hydrogen-bond donors (Lipinski definition) is 2. The van der Waals surface area contributed by atoms with Gasteiger partial charge in [-0.15, -0.1) is 0 Å². The Morgan fingerprint density at radius 3 is 2.17 bits per heavy atom. The van der Waals surface area contributed by atoms with Gasteiger partial charge in [0.1, 0.15) is 0 Å². The van der Waals surface area contributed by atoms with Crippen LogP contribution in [0.5, 0.6) is 0 Å². The molecule has 5 heteroatoms. The molecule has 0 saturated heterocycles. The van der Waals surface area contributed by atoms with Crippen molar-refractivity contribution < 1.29 is 8.42 Å². The second-order valence-corrected chi connectivity index (χ2v) is 7.47. The molecule has 0 bridgehead atoms. The SMILES string of the molecule is CC[C@@H](NCc1ccc(NS(=O)(=O)CC)cc1)c1ccccc1. The molecule has 2 aromatic carbocycles. The van der Waals surface area contributed by atoms with E-state index in [9.17, 15) is 8.42 Å². The summed E-state index contributed by atoms with van der Waals surface area (Å²) in [4.78, 5) is 0. The van der Waals surface area contributed by atoms with E-state index in [-0.39, 0.29) is 5.75 Å². The highest BCUT2D eigenvalue weighted by atomic mass is 32.2. The zero-order valence-electron chi connectivity index (χ0n) is 13.6. The summed E-state index contributed by atoms with van der Waals surface area (Å²) >= 11 is 0. The average molecular weight is 332 g/mol. The molecule has 0 aliphatic rings. The Kier molecular flexibility index (Phi) is 6.19. The monoisotopic (exact) mass is 332 g/mol. The number of sulfonamides is 1. The minimum atomic E-state index is -3.22. The van der Waals surface area contributed by atoms with Gasteiger partial charge in [-0.2, -0.15) is 0 Å². The van der Waals surface area contributed by atoms with Gasteiger partial charge in [-0.05, 0) is 36.6 Å². The van der Waals surface area contributed by atoms with Crippen molar-refractivity contribution in [2.75, 3.05) is 10.5 Å². The van der Waals surface area contributed by atoms with E-state index in [2.05, 4.69) is 29.1 Å². The third-order valence-electron chi connectivity index (χ3n) is 3.77. The number of anilines is 1. The van der Waals surface area contributed by atoms with Crippen molar-refractivity contribution in [2.45, 2.75) is 32.9 Å². The number of nitrogens with one attached hydrogen (secondary N) is 2. The highest BCUT2D eigenvalue weighted by Crippen LogP contribution is 2.17. The van der Waals surface area contributed by atoms with Gasteiger partial charge in [0.25, 0.3) is 0 Å². The lowest BCUT2D eigenvalue weighted by Gasteiger charge is -2.17. The Labute approximate surface area is 139 Å². The minimum Gasteiger partial charge on any atom is -0.306 e. The molecule has 1 atom stereocenters. The van der Waals surface area contributed by atoms with Gasteiger partial charge < -0.3 is 5.32 Å². The highest BCUT2D eigenvalue weighted by molar-refractivity contribution is 7.92. The number of rotatable bonds is 8. The van der Waals surface area contributed by atoms with E-state index in [4.69, 9.17) is 0 Å². The first-order valence-corrected chi connectivity index (χ1v) is 9.57. The van der Waals surface area contributed by atoms with E-state index in [0.717, 1.165) is 18.5 Å². The van der Waals surface area contributed by atoms with Crippen molar-refractivity contribution in [3.8, 4) is 0 Å². The van der Waals surface area contributed by atoms with Crippen LogP contribution in [-0.4, -0.2) is 14.2 Å². The summed E-state index contributed by atoms with van der Waals surface area (Å²) in [6, 6.07) is 18.2. The van der Waals surface area contributed by atoms with E-state index in [0.29, 0.717) is 11.7 Å².